The molecular weight excluding hydrogens is 214 g/mol. The molecule has 3 N–H and O–H groups in total. The Balaban J connectivity index is 2.47. The number of nitrogens with one attached hydrogen (secondary N) is 1. The summed E-state index contributed by atoms with van der Waals surface area (Å²) in [5.74, 6) is 0.735. The molecule has 0 spiro atoms. The fourth-order valence-electron chi connectivity index (χ4n) is 2.33. The van der Waals surface area contributed by atoms with Gasteiger partial charge in [-0.25, -0.2) is 4.98 Å². The minimum absolute atomic E-state index is 0.0640. The Morgan fingerprint density at radius 2 is 2.18 bits per heavy atom. The number of rotatable bonds is 2. The van der Waals surface area contributed by atoms with Crippen molar-refractivity contribution in [1.82, 2.24) is 14.5 Å². The van der Waals surface area contributed by atoms with Crippen molar-refractivity contribution in [3.05, 3.63) is 24.3 Å². The average Bonchev–Trinajstić information content (AvgIpc) is 2.72. The molecule has 5 heteroatoms. The van der Waals surface area contributed by atoms with Crippen LogP contribution in [0.4, 0.5) is 0 Å². The molecule has 0 saturated carbocycles. The van der Waals surface area contributed by atoms with Crippen LogP contribution < -0.4 is 5.73 Å². The summed E-state index contributed by atoms with van der Waals surface area (Å²) in [5.41, 5.74) is 8.08. The molecule has 5 nitrogen and oxygen atoms in total. The minimum atomic E-state index is 0.0640. The molecule has 2 heterocycles. The van der Waals surface area contributed by atoms with E-state index in [2.05, 4.69) is 11.1 Å². The van der Waals surface area contributed by atoms with E-state index in [0.717, 1.165) is 5.69 Å². The van der Waals surface area contributed by atoms with E-state index in [1.165, 1.54) is 5.57 Å². The van der Waals surface area contributed by atoms with Crippen molar-refractivity contribution in [3.8, 4) is 0 Å². The van der Waals surface area contributed by atoms with Crippen molar-refractivity contribution < 1.29 is 0 Å². The Hall–Kier alpha value is -1.62. The van der Waals surface area contributed by atoms with Gasteiger partial charge in [-0.05, 0) is 5.57 Å². The molecule has 2 unspecified atom stereocenters. The summed E-state index contributed by atoms with van der Waals surface area (Å²) in [7, 11) is 3.90. The molecule has 0 aliphatic carbocycles. The molecule has 2 rings (SSSR count). The van der Waals surface area contributed by atoms with Crippen molar-refractivity contribution in [2.24, 2.45) is 18.7 Å². The second kappa shape index (κ2) is 4.33. The number of likely N-dealkylation sites (N-methyl/N-ethyl adjacent to an activating group) is 1. The van der Waals surface area contributed by atoms with Crippen LogP contribution in [0, 0.1) is 11.3 Å². The molecule has 1 aromatic rings. The number of aromatic nitrogens is 2. The maximum absolute atomic E-state index is 8.01. The number of hydrogen-bond donors (Lipinski definition) is 2. The first-order valence-electron chi connectivity index (χ1n) is 5.76. The van der Waals surface area contributed by atoms with Gasteiger partial charge in [-0.2, -0.15) is 0 Å². The van der Waals surface area contributed by atoms with Gasteiger partial charge in [0.2, 0.25) is 0 Å². The fraction of sp³-hybridized carbons (Fsp3) is 0.500. The molecule has 92 valence electrons. The third-order valence-corrected chi connectivity index (χ3v) is 3.40. The summed E-state index contributed by atoms with van der Waals surface area (Å²) in [6.07, 6.45) is 5.76. The van der Waals surface area contributed by atoms with Crippen LogP contribution in [0.3, 0.4) is 0 Å². The van der Waals surface area contributed by atoms with Gasteiger partial charge in [0.1, 0.15) is 5.84 Å². The van der Waals surface area contributed by atoms with Crippen LogP contribution in [-0.4, -0.2) is 39.9 Å². The Kier molecular flexibility index (Phi) is 3.02. The molecule has 0 saturated heterocycles. The fourth-order valence-corrected chi connectivity index (χ4v) is 2.33. The lowest BCUT2D eigenvalue weighted by atomic mass is 9.91. The van der Waals surface area contributed by atoms with E-state index < -0.39 is 0 Å². The Morgan fingerprint density at radius 3 is 2.71 bits per heavy atom. The molecule has 1 aliphatic rings. The molecule has 2 atom stereocenters. The van der Waals surface area contributed by atoms with Gasteiger partial charge >= 0.3 is 0 Å². The second-order valence-corrected chi connectivity index (χ2v) is 4.55. The quantitative estimate of drug-likeness (QED) is 0.789. The van der Waals surface area contributed by atoms with E-state index in [1.807, 2.05) is 36.7 Å². The van der Waals surface area contributed by atoms with Gasteiger partial charge in [0.15, 0.2) is 0 Å². The number of nitrogens with two attached hydrogens (primary N) is 1. The van der Waals surface area contributed by atoms with E-state index in [0.29, 0.717) is 12.4 Å². The monoisotopic (exact) mass is 233 g/mol. The van der Waals surface area contributed by atoms with E-state index in [4.69, 9.17) is 11.1 Å². The molecule has 0 radical (unpaired) electrons. The zero-order chi connectivity index (χ0) is 12.6. The summed E-state index contributed by atoms with van der Waals surface area (Å²) < 4.78 is 1.99. The van der Waals surface area contributed by atoms with Crippen molar-refractivity contribution in [3.63, 3.8) is 0 Å². The lowest BCUT2D eigenvalue weighted by molar-refractivity contribution is 0.410. The number of amidine groups is 1. The first-order valence-corrected chi connectivity index (χ1v) is 5.76. The van der Waals surface area contributed by atoms with Crippen LogP contribution in [0.2, 0.25) is 0 Å². The summed E-state index contributed by atoms with van der Waals surface area (Å²) in [6, 6.07) is 0.0640. The first-order chi connectivity index (χ1) is 8.06. The van der Waals surface area contributed by atoms with E-state index in [9.17, 15) is 0 Å². The Labute approximate surface area is 101 Å². The highest BCUT2D eigenvalue weighted by molar-refractivity contribution is 5.90. The smallest absolute Gasteiger partial charge is 0.103 e. The summed E-state index contributed by atoms with van der Waals surface area (Å²) >= 11 is 0. The van der Waals surface area contributed by atoms with Gasteiger partial charge in [0.25, 0.3) is 0 Å². The molecule has 0 fully saturated rings. The maximum Gasteiger partial charge on any atom is 0.103 e. The lowest BCUT2D eigenvalue weighted by Gasteiger charge is -2.37. The van der Waals surface area contributed by atoms with Gasteiger partial charge in [-0.1, -0.05) is 13.0 Å². The van der Waals surface area contributed by atoms with Crippen LogP contribution in [-0.2, 0) is 7.05 Å². The third-order valence-electron chi connectivity index (χ3n) is 3.40. The van der Waals surface area contributed by atoms with Crippen molar-refractivity contribution in [1.29, 1.82) is 5.41 Å². The number of imidazole rings is 1. The highest BCUT2D eigenvalue weighted by atomic mass is 15.2. The third kappa shape index (κ3) is 1.86. The Morgan fingerprint density at radius 1 is 1.47 bits per heavy atom. The molecular formula is C12H19N5. The zero-order valence-electron chi connectivity index (χ0n) is 10.5. The summed E-state index contributed by atoms with van der Waals surface area (Å²) in [5, 5.41) is 8.01. The molecule has 0 bridgehead atoms. The van der Waals surface area contributed by atoms with Crippen LogP contribution in [0.1, 0.15) is 12.6 Å². The van der Waals surface area contributed by atoms with E-state index >= 15 is 0 Å². The zero-order valence-corrected chi connectivity index (χ0v) is 10.5. The second-order valence-electron chi connectivity index (χ2n) is 4.55. The largest absolute Gasteiger partial charge is 0.355 e. The lowest BCUT2D eigenvalue weighted by Crippen LogP contribution is -2.47. The number of aryl methyl sites for hydroxylation is 1. The van der Waals surface area contributed by atoms with Crippen LogP contribution in [0.25, 0.3) is 5.57 Å². The molecule has 0 aromatic carbocycles. The van der Waals surface area contributed by atoms with Gasteiger partial charge in [-0.3, -0.25) is 5.41 Å². The number of hydrogen-bond acceptors (Lipinski definition) is 3. The minimum Gasteiger partial charge on any atom is -0.355 e. The van der Waals surface area contributed by atoms with Crippen LogP contribution in [0.15, 0.2) is 18.6 Å². The standard InChI is InChI=1S/C12H19N5/c1-8-4-9(11-6-15-7-16(11)2)10(5-13)17(3)12(8)14/h4,6-8,10,14H,5,13H2,1-3H3. The SMILES string of the molecule is CC1C=C(c2cncn2C)C(CN)N(C)C1=N. The average molecular weight is 233 g/mol. The van der Waals surface area contributed by atoms with E-state index in [1.54, 1.807) is 6.33 Å². The molecule has 0 amide bonds. The summed E-state index contributed by atoms with van der Waals surface area (Å²) in [4.78, 5) is 6.10. The predicted octanol–water partition coefficient (Wildman–Crippen LogP) is 0.690. The normalized spacial score (nSPS) is 25.1. The molecule has 1 aliphatic heterocycles. The van der Waals surface area contributed by atoms with E-state index in [-0.39, 0.29) is 12.0 Å². The topological polar surface area (TPSA) is 70.9 Å². The van der Waals surface area contributed by atoms with Crippen molar-refractivity contribution in [2.75, 3.05) is 13.6 Å². The van der Waals surface area contributed by atoms with Gasteiger partial charge in [0.05, 0.1) is 24.3 Å². The highest BCUT2D eigenvalue weighted by Crippen LogP contribution is 2.28. The van der Waals surface area contributed by atoms with Gasteiger partial charge < -0.3 is 15.2 Å². The van der Waals surface area contributed by atoms with Crippen molar-refractivity contribution in [2.45, 2.75) is 13.0 Å². The van der Waals surface area contributed by atoms with Gasteiger partial charge in [0, 0.05) is 26.6 Å². The predicted molar refractivity (Wildman–Crippen MR) is 68.7 cm³/mol. The van der Waals surface area contributed by atoms with Crippen LogP contribution >= 0.6 is 0 Å². The van der Waals surface area contributed by atoms with Crippen molar-refractivity contribution >= 4 is 11.4 Å². The van der Waals surface area contributed by atoms with Crippen LogP contribution in [0.5, 0.6) is 0 Å². The van der Waals surface area contributed by atoms with Gasteiger partial charge in [-0.15, -0.1) is 0 Å². The molecule has 1 aromatic heterocycles. The summed E-state index contributed by atoms with van der Waals surface area (Å²) in [6.45, 7) is 2.53. The molecule has 17 heavy (non-hydrogen) atoms. The Bertz CT molecular complexity index is 459. The first kappa shape index (κ1) is 11.9. The maximum atomic E-state index is 8.01. The number of nitrogens with zero attached hydrogens (tertiary/aromatic N) is 3. The highest BCUT2D eigenvalue weighted by Gasteiger charge is 2.30.